The molecule has 3 aliphatic rings. The number of methoxy groups -OCH3 is 1. The molecule has 4 atom stereocenters. The van der Waals surface area contributed by atoms with Crippen LogP contribution in [0.25, 0.3) is 0 Å². The first-order valence-electron chi connectivity index (χ1n) is 13.7. The number of sulfone groups is 1. The lowest BCUT2D eigenvalue weighted by molar-refractivity contribution is 0.102. The number of aliphatic imine (C=N–C) groups is 1. The molecular formula is C28H39FN4O4S. The van der Waals surface area contributed by atoms with Crippen LogP contribution in [0.4, 0.5) is 10.1 Å². The highest BCUT2D eigenvalue weighted by atomic mass is 32.2. The van der Waals surface area contributed by atoms with Crippen LogP contribution in [0.15, 0.2) is 32.6 Å². The Morgan fingerprint density at radius 1 is 1.21 bits per heavy atom. The lowest BCUT2D eigenvalue weighted by atomic mass is 9.84. The van der Waals surface area contributed by atoms with Gasteiger partial charge in [-0.1, -0.05) is 25.9 Å². The molecule has 5 rings (SSSR count). The minimum absolute atomic E-state index is 0.0346. The molecule has 0 radical (unpaired) electrons. The van der Waals surface area contributed by atoms with Crippen LogP contribution in [0.2, 0.25) is 0 Å². The summed E-state index contributed by atoms with van der Waals surface area (Å²) in [4.78, 5) is 7.37. The third kappa shape index (κ3) is 4.97. The zero-order valence-electron chi connectivity index (χ0n) is 22.9. The lowest BCUT2D eigenvalue weighted by Crippen LogP contribution is -2.56. The minimum Gasteiger partial charge on any atom is -0.377 e. The van der Waals surface area contributed by atoms with Gasteiger partial charge in [0, 0.05) is 43.5 Å². The maximum atomic E-state index is 14.8. The van der Waals surface area contributed by atoms with Gasteiger partial charge >= 0.3 is 0 Å². The van der Waals surface area contributed by atoms with Crippen molar-refractivity contribution < 1.29 is 22.1 Å². The van der Waals surface area contributed by atoms with Crippen molar-refractivity contribution >= 4 is 21.4 Å². The summed E-state index contributed by atoms with van der Waals surface area (Å²) in [6, 6.07) is 4.50. The van der Waals surface area contributed by atoms with Gasteiger partial charge in [-0.3, -0.25) is 4.99 Å². The van der Waals surface area contributed by atoms with E-state index in [-0.39, 0.29) is 22.7 Å². The zero-order chi connectivity index (χ0) is 27.2. The van der Waals surface area contributed by atoms with Crippen molar-refractivity contribution in [3.05, 3.63) is 41.0 Å². The van der Waals surface area contributed by atoms with Crippen molar-refractivity contribution in [1.82, 2.24) is 10.1 Å². The summed E-state index contributed by atoms with van der Waals surface area (Å²) in [6.45, 7) is 7.12. The zero-order valence-corrected chi connectivity index (χ0v) is 23.7. The van der Waals surface area contributed by atoms with Crippen LogP contribution in [0.1, 0.15) is 81.7 Å². The van der Waals surface area contributed by atoms with Crippen molar-refractivity contribution in [2.45, 2.75) is 100 Å². The molecule has 4 unspecified atom stereocenters. The molecule has 4 heterocycles. The number of aromatic nitrogens is 1. The maximum absolute atomic E-state index is 14.8. The Morgan fingerprint density at radius 3 is 2.50 bits per heavy atom. The third-order valence-corrected chi connectivity index (χ3v) is 9.53. The number of hydrogen-bond donors (Lipinski definition) is 1. The fourth-order valence-corrected chi connectivity index (χ4v) is 7.29. The molecule has 1 aromatic heterocycles. The first-order valence-corrected chi connectivity index (χ1v) is 15.6. The number of benzene rings is 1. The molecule has 38 heavy (non-hydrogen) atoms. The van der Waals surface area contributed by atoms with Crippen molar-refractivity contribution in [3.63, 3.8) is 0 Å². The number of nitrogens with one attached hydrogen (secondary N) is 1. The van der Waals surface area contributed by atoms with E-state index in [0.717, 1.165) is 61.7 Å². The summed E-state index contributed by atoms with van der Waals surface area (Å²) < 4.78 is 50.4. The molecular weight excluding hydrogens is 507 g/mol. The highest BCUT2D eigenvalue weighted by molar-refractivity contribution is 7.90. The number of nitrogens with zero attached hydrogens (tertiary/aromatic N) is 3. The van der Waals surface area contributed by atoms with Crippen molar-refractivity contribution in [3.8, 4) is 0 Å². The van der Waals surface area contributed by atoms with Crippen LogP contribution < -0.4 is 5.32 Å². The molecule has 2 bridgehead atoms. The molecule has 0 aliphatic carbocycles. The first kappa shape index (κ1) is 27.1. The van der Waals surface area contributed by atoms with Crippen molar-refractivity contribution in [2.75, 3.05) is 25.2 Å². The van der Waals surface area contributed by atoms with E-state index in [4.69, 9.17) is 14.3 Å². The van der Waals surface area contributed by atoms with Crippen LogP contribution >= 0.6 is 0 Å². The van der Waals surface area contributed by atoms with Crippen LogP contribution in [0.3, 0.4) is 0 Å². The van der Waals surface area contributed by atoms with E-state index in [0.29, 0.717) is 36.9 Å². The SMILES string of the molecule is CCc1c(C(C)C)noc1C1CC2CCC(C1)N2C1=NCCC(Nc2ccc(S(C)(=O)=O)cc2F)C1OC. The van der Waals surface area contributed by atoms with Crippen LogP contribution in [0, 0.1) is 5.82 Å². The van der Waals surface area contributed by atoms with Gasteiger partial charge in [0.1, 0.15) is 23.5 Å². The molecule has 8 nitrogen and oxygen atoms in total. The monoisotopic (exact) mass is 546 g/mol. The lowest BCUT2D eigenvalue weighted by Gasteiger charge is -2.45. The van der Waals surface area contributed by atoms with Gasteiger partial charge in [-0.15, -0.1) is 0 Å². The molecule has 10 heteroatoms. The highest BCUT2D eigenvalue weighted by Crippen LogP contribution is 2.46. The predicted molar refractivity (Wildman–Crippen MR) is 145 cm³/mol. The van der Waals surface area contributed by atoms with E-state index in [9.17, 15) is 12.8 Å². The number of fused-ring (bicyclic) bond motifs is 2. The Balaban J connectivity index is 1.34. The standard InChI is InChI=1S/C28H39FN4O4S/c1-6-21-25(16(2)3)32-37-26(21)17-13-18-7-8-19(14-17)33(18)28-27(36-4)24(11-12-30-28)31-23-10-9-20(15-22(23)29)38(5,34)35/h9-10,15-19,24,27,31H,6-8,11-14H2,1-5H3. The van der Waals surface area contributed by atoms with Crippen LogP contribution in [0.5, 0.6) is 0 Å². The molecule has 208 valence electrons. The van der Waals surface area contributed by atoms with Gasteiger partial charge in [0.25, 0.3) is 0 Å². The van der Waals surface area contributed by atoms with Gasteiger partial charge in [-0.2, -0.15) is 0 Å². The van der Waals surface area contributed by atoms with Crippen molar-refractivity contribution in [1.29, 1.82) is 0 Å². The first-order chi connectivity index (χ1) is 18.1. The molecule has 2 aromatic rings. The number of halogens is 1. The number of piperidine rings is 1. The number of amidine groups is 1. The second-order valence-electron chi connectivity index (χ2n) is 11.2. The van der Waals surface area contributed by atoms with Gasteiger partial charge < -0.3 is 19.5 Å². The van der Waals surface area contributed by atoms with Gasteiger partial charge in [-0.05, 0) is 62.6 Å². The predicted octanol–water partition coefficient (Wildman–Crippen LogP) is 4.91. The maximum Gasteiger partial charge on any atom is 0.175 e. The van der Waals surface area contributed by atoms with Crippen LogP contribution in [-0.2, 0) is 21.0 Å². The molecule has 1 aromatic carbocycles. The molecule has 0 saturated carbocycles. The summed E-state index contributed by atoms with van der Waals surface area (Å²) in [6.07, 6.45) is 6.54. The second kappa shape index (κ2) is 10.6. The van der Waals surface area contributed by atoms with E-state index < -0.39 is 15.7 Å². The average molecular weight is 547 g/mol. The Labute approximate surface area is 224 Å². The highest BCUT2D eigenvalue weighted by Gasteiger charge is 2.47. The van der Waals surface area contributed by atoms with E-state index >= 15 is 0 Å². The van der Waals surface area contributed by atoms with E-state index in [1.165, 1.54) is 17.7 Å². The number of anilines is 1. The topological polar surface area (TPSA) is 97.0 Å². The number of rotatable bonds is 7. The van der Waals surface area contributed by atoms with Gasteiger partial charge in [-0.25, -0.2) is 12.8 Å². The molecule has 2 saturated heterocycles. The summed E-state index contributed by atoms with van der Waals surface area (Å²) in [7, 11) is -1.81. The molecule has 3 aliphatic heterocycles. The third-order valence-electron chi connectivity index (χ3n) is 8.42. The Kier molecular flexibility index (Phi) is 7.57. The average Bonchev–Trinajstić information content (AvgIpc) is 3.42. The molecule has 2 fully saturated rings. The Hall–Kier alpha value is -2.46. The fraction of sp³-hybridized carbons (Fsp3) is 0.643. The summed E-state index contributed by atoms with van der Waals surface area (Å²) in [5.74, 6) is 2.10. The largest absolute Gasteiger partial charge is 0.377 e. The summed E-state index contributed by atoms with van der Waals surface area (Å²) in [5.41, 5.74) is 2.63. The Morgan fingerprint density at radius 2 is 1.92 bits per heavy atom. The molecule has 0 amide bonds. The number of hydrogen-bond acceptors (Lipinski definition) is 8. The van der Waals surface area contributed by atoms with E-state index in [1.807, 2.05) is 0 Å². The van der Waals surface area contributed by atoms with Gasteiger partial charge in [0.15, 0.2) is 9.84 Å². The van der Waals surface area contributed by atoms with Gasteiger partial charge in [0.2, 0.25) is 0 Å². The van der Waals surface area contributed by atoms with Gasteiger partial charge in [0.05, 0.1) is 22.3 Å². The number of ether oxygens (including phenoxy) is 1. The van der Waals surface area contributed by atoms with E-state index in [2.05, 4.69) is 36.1 Å². The van der Waals surface area contributed by atoms with E-state index in [1.54, 1.807) is 7.11 Å². The fourth-order valence-electron chi connectivity index (χ4n) is 6.66. The molecule has 1 N–H and O–H groups in total. The quantitative estimate of drug-likeness (QED) is 0.527. The Bertz CT molecular complexity index is 1290. The smallest absolute Gasteiger partial charge is 0.175 e. The summed E-state index contributed by atoms with van der Waals surface area (Å²) in [5, 5.41) is 7.72. The van der Waals surface area contributed by atoms with Crippen LogP contribution in [-0.4, -0.2) is 68.4 Å². The minimum atomic E-state index is -3.48. The second-order valence-corrected chi connectivity index (χ2v) is 13.2. The summed E-state index contributed by atoms with van der Waals surface area (Å²) >= 11 is 0. The normalized spacial score (nSPS) is 27.6. The molecule has 0 spiro atoms. The van der Waals surface area contributed by atoms with Crippen molar-refractivity contribution in [2.24, 2.45) is 4.99 Å².